The number of carbonyl (C=O) groups excluding carboxylic acids is 2. The quantitative estimate of drug-likeness (QED) is 0.232. The molecule has 4 N–H and O–H groups in total. The molecule has 2 atom stereocenters. The third kappa shape index (κ3) is 7.45. The van der Waals surface area contributed by atoms with Crippen molar-refractivity contribution < 1.29 is 18.0 Å². The number of anilines is 1. The van der Waals surface area contributed by atoms with Gasteiger partial charge < -0.3 is 16.0 Å². The Bertz CT molecular complexity index is 1510. The fourth-order valence-corrected chi connectivity index (χ4v) is 4.97. The lowest BCUT2D eigenvalue weighted by Crippen LogP contribution is -2.46. The van der Waals surface area contributed by atoms with E-state index in [0.29, 0.717) is 16.8 Å². The van der Waals surface area contributed by atoms with Gasteiger partial charge in [0.15, 0.2) is 0 Å². The van der Waals surface area contributed by atoms with E-state index in [1.54, 1.807) is 48.5 Å². The first kappa shape index (κ1) is 27.4. The number of nitrogens with one attached hydrogen (secondary N) is 4. The van der Waals surface area contributed by atoms with Gasteiger partial charge in [0.1, 0.15) is 0 Å². The second kappa shape index (κ2) is 12.3. The zero-order valence-corrected chi connectivity index (χ0v) is 22.4. The van der Waals surface area contributed by atoms with Gasteiger partial charge in [-0.15, -0.1) is 0 Å². The lowest BCUT2D eigenvalue weighted by atomic mass is 9.93. The van der Waals surface area contributed by atoms with Crippen molar-refractivity contribution in [2.45, 2.75) is 30.8 Å². The van der Waals surface area contributed by atoms with Crippen molar-refractivity contribution in [2.24, 2.45) is 0 Å². The van der Waals surface area contributed by atoms with E-state index in [-0.39, 0.29) is 4.90 Å². The van der Waals surface area contributed by atoms with Crippen LogP contribution in [0.2, 0.25) is 0 Å². The van der Waals surface area contributed by atoms with Gasteiger partial charge in [-0.3, -0.25) is 0 Å². The maximum atomic E-state index is 13.1. The molecule has 0 heterocycles. The van der Waals surface area contributed by atoms with Gasteiger partial charge >= 0.3 is 12.1 Å². The van der Waals surface area contributed by atoms with Gasteiger partial charge in [0.25, 0.3) is 10.0 Å². The number of rotatable bonds is 8. The SMILES string of the molecule is Cc1ccc(NC(=O)N[C@H](c2ccccc2)[C@H](NC(=O)NS(=O)(=O)c2ccc(C)cc2)c2ccccc2)cc1. The molecule has 0 spiro atoms. The highest BCUT2D eigenvalue weighted by molar-refractivity contribution is 7.90. The summed E-state index contributed by atoms with van der Waals surface area (Å²) in [5.41, 5.74) is 3.94. The summed E-state index contributed by atoms with van der Waals surface area (Å²) in [5.74, 6) is 0. The van der Waals surface area contributed by atoms with Crippen LogP contribution in [0.1, 0.15) is 34.3 Å². The molecule has 4 aromatic carbocycles. The lowest BCUT2D eigenvalue weighted by Gasteiger charge is -2.30. The molecule has 0 bridgehead atoms. The molecule has 8 nitrogen and oxygen atoms in total. The van der Waals surface area contributed by atoms with Crippen molar-refractivity contribution in [1.29, 1.82) is 0 Å². The molecule has 4 amide bonds. The van der Waals surface area contributed by atoms with E-state index in [1.165, 1.54) is 12.1 Å². The maximum absolute atomic E-state index is 13.1. The van der Waals surface area contributed by atoms with Crippen LogP contribution in [-0.2, 0) is 10.0 Å². The maximum Gasteiger partial charge on any atom is 0.329 e. The Hall–Kier alpha value is -4.63. The highest BCUT2D eigenvalue weighted by Crippen LogP contribution is 2.29. The lowest BCUT2D eigenvalue weighted by molar-refractivity contribution is 0.232. The molecule has 0 saturated carbocycles. The van der Waals surface area contributed by atoms with Crippen LogP contribution in [0.15, 0.2) is 114 Å². The van der Waals surface area contributed by atoms with Crippen LogP contribution in [0.5, 0.6) is 0 Å². The van der Waals surface area contributed by atoms with Crippen molar-refractivity contribution >= 4 is 27.8 Å². The Balaban J connectivity index is 1.62. The standard InChI is InChI=1S/C30H30N4O4S/c1-21-13-17-25(18-14-21)31-29(35)32-27(23-9-5-3-6-10-23)28(24-11-7-4-8-12-24)33-30(36)34-39(37,38)26-19-15-22(2)16-20-26/h3-20,27-28H,1-2H3,(H2,31,32,35)(H2,33,34,36)/t27-,28-/m1/s1. The summed E-state index contributed by atoms with van der Waals surface area (Å²) < 4.78 is 27.8. The number of hydrogen-bond acceptors (Lipinski definition) is 4. The van der Waals surface area contributed by atoms with Gasteiger partial charge in [-0.25, -0.2) is 22.7 Å². The minimum absolute atomic E-state index is 0.0327. The van der Waals surface area contributed by atoms with Crippen molar-refractivity contribution in [3.05, 3.63) is 131 Å². The van der Waals surface area contributed by atoms with Crippen molar-refractivity contribution in [2.75, 3.05) is 5.32 Å². The highest BCUT2D eigenvalue weighted by Gasteiger charge is 2.29. The first-order valence-electron chi connectivity index (χ1n) is 12.4. The summed E-state index contributed by atoms with van der Waals surface area (Å²) >= 11 is 0. The third-order valence-corrected chi connectivity index (χ3v) is 7.44. The molecule has 0 aliphatic heterocycles. The summed E-state index contributed by atoms with van der Waals surface area (Å²) in [4.78, 5) is 26.2. The van der Waals surface area contributed by atoms with Crippen molar-refractivity contribution in [3.63, 3.8) is 0 Å². The topological polar surface area (TPSA) is 116 Å². The molecule has 0 unspecified atom stereocenters. The van der Waals surface area contributed by atoms with E-state index < -0.39 is 34.2 Å². The van der Waals surface area contributed by atoms with Gasteiger partial charge in [0.2, 0.25) is 0 Å². The number of urea groups is 2. The molecular weight excluding hydrogens is 512 g/mol. The van der Waals surface area contributed by atoms with E-state index in [0.717, 1.165) is 11.1 Å². The average Bonchev–Trinajstić information content (AvgIpc) is 2.93. The average molecular weight is 543 g/mol. The molecule has 9 heteroatoms. The fourth-order valence-electron chi connectivity index (χ4n) is 4.05. The van der Waals surface area contributed by atoms with Crippen LogP contribution in [0, 0.1) is 13.8 Å². The third-order valence-electron chi connectivity index (χ3n) is 6.09. The molecule has 0 radical (unpaired) electrons. The zero-order valence-electron chi connectivity index (χ0n) is 21.6. The molecular formula is C30H30N4O4S. The predicted molar refractivity (Wildman–Crippen MR) is 152 cm³/mol. The Morgan fingerprint density at radius 2 is 1.03 bits per heavy atom. The first-order chi connectivity index (χ1) is 18.7. The van der Waals surface area contributed by atoms with Crippen molar-refractivity contribution in [1.82, 2.24) is 15.4 Å². The van der Waals surface area contributed by atoms with Crippen LogP contribution in [0.25, 0.3) is 0 Å². The van der Waals surface area contributed by atoms with Crippen molar-refractivity contribution in [3.8, 4) is 0 Å². The number of benzene rings is 4. The first-order valence-corrected chi connectivity index (χ1v) is 13.8. The molecule has 200 valence electrons. The minimum atomic E-state index is -4.12. The van der Waals surface area contributed by atoms with Crippen LogP contribution < -0.4 is 20.7 Å². The van der Waals surface area contributed by atoms with Gasteiger partial charge in [-0.05, 0) is 49.2 Å². The largest absolute Gasteiger partial charge is 0.329 e. The van der Waals surface area contributed by atoms with E-state index in [9.17, 15) is 18.0 Å². The highest BCUT2D eigenvalue weighted by atomic mass is 32.2. The molecule has 0 aliphatic carbocycles. The van der Waals surface area contributed by atoms with Crippen LogP contribution >= 0.6 is 0 Å². The van der Waals surface area contributed by atoms with Gasteiger partial charge in [0, 0.05) is 5.69 Å². The Kier molecular flexibility index (Phi) is 8.63. The number of sulfonamides is 1. The number of carbonyl (C=O) groups is 2. The van der Waals surface area contributed by atoms with E-state index in [4.69, 9.17) is 0 Å². The molecule has 4 aromatic rings. The smallest absolute Gasteiger partial charge is 0.329 e. The molecule has 0 aliphatic rings. The molecule has 4 rings (SSSR count). The van der Waals surface area contributed by atoms with Crippen LogP contribution in [0.4, 0.5) is 15.3 Å². The summed E-state index contributed by atoms with van der Waals surface area (Å²) in [6.45, 7) is 3.79. The minimum Gasteiger partial charge on any atom is -0.329 e. The summed E-state index contributed by atoms with van der Waals surface area (Å²) in [5, 5.41) is 8.55. The predicted octanol–water partition coefficient (Wildman–Crippen LogP) is 5.60. The normalized spacial score (nSPS) is 12.6. The number of aryl methyl sites for hydroxylation is 2. The molecule has 39 heavy (non-hydrogen) atoms. The molecule has 0 aromatic heterocycles. The Morgan fingerprint density at radius 1 is 0.590 bits per heavy atom. The number of amides is 4. The summed E-state index contributed by atoms with van der Waals surface area (Å²) in [6, 6.07) is 28.8. The summed E-state index contributed by atoms with van der Waals surface area (Å²) in [7, 11) is -4.12. The molecule has 0 saturated heterocycles. The second-order valence-electron chi connectivity index (χ2n) is 9.13. The fraction of sp³-hybridized carbons (Fsp3) is 0.133. The molecule has 0 fully saturated rings. The van der Waals surface area contributed by atoms with Gasteiger partial charge in [0.05, 0.1) is 17.0 Å². The Labute approximate surface area is 228 Å². The Morgan fingerprint density at radius 3 is 1.51 bits per heavy atom. The monoisotopic (exact) mass is 542 g/mol. The van der Waals surface area contributed by atoms with Gasteiger partial charge in [-0.1, -0.05) is 96.1 Å². The summed E-state index contributed by atoms with van der Waals surface area (Å²) in [6.07, 6.45) is 0. The van der Waals surface area contributed by atoms with Crippen LogP contribution in [-0.4, -0.2) is 20.5 Å². The van der Waals surface area contributed by atoms with Crippen LogP contribution in [0.3, 0.4) is 0 Å². The van der Waals surface area contributed by atoms with E-state index in [1.807, 2.05) is 62.4 Å². The van der Waals surface area contributed by atoms with E-state index in [2.05, 4.69) is 20.7 Å². The number of hydrogen-bond donors (Lipinski definition) is 4. The van der Waals surface area contributed by atoms with Gasteiger partial charge in [-0.2, -0.15) is 0 Å². The zero-order chi connectivity index (χ0) is 27.8. The second-order valence-corrected chi connectivity index (χ2v) is 10.8. The van der Waals surface area contributed by atoms with E-state index >= 15 is 0 Å².